The van der Waals surface area contributed by atoms with Crippen LogP contribution >= 0.6 is 0 Å². The number of amides is 1. The maximum Gasteiger partial charge on any atom is 0.290 e. The van der Waals surface area contributed by atoms with Gasteiger partial charge in [0.1, 0.15) is 0 Å². The van der Waals surface area contributed by atoms with Crippen LogP contribution in [0, 0.1) is 0 Å². The Hall–Kier alpha value is -2.10. The predicted molar refractivity (Wildman–Crippen MR) is 54.5 cm³/mol. The first-order chi connectivity index (χ1) is 6.68. The van der Waals surface area contributed by atoms with Gasteiger partial charge in [0.25, 0.3) is 6.47 Å². The van der Waals surface area contributed by atoms with E-state index in [0.717, 1.165) is 6.08 Å². The molecule has 1 rings (SSSR count). The Balaban J connectivity index is 0. The zero-order valence-electron chi connectivity index (χ0n) is 7.67. The number of carbonyl (C=O) groups is 2. The molecule has 0 atom stereocenters. The van der Waals surface area contributed by atoms with Crippen LogP contribution in [0.5, 0.6) is 0 Å². The number of nitrogens with two attached hydrogens (primary N) is 1. The lowest BCUT2D eigenvalue weighted by atomic mass is 10.4. The summed E-state index contributed by atoms with van der Waals surface area (Å²) < 4.78 is 0. The molecule has 76 valence electrons. The van der Waals surface area contributed by atoms with Crippen molar-refractivity contribution in [1.82, 2.24) is 0 Å². The number of benzene rings is 1. The van der Waals surface area contributed by atoms with Gasteiger partial charge in [-0.25, -0.2) is 0 Å². The first kappa shape index (κ1) is 14.4. The molecule has 14 heavy (non-hydrogen) atoms. The normalized spacial score (nSPS) is 6.57. The van der Waals surface area contributed by atoms with E-state index in [1.165, 1.54) is 0 Å². The first-order valence-corrected chi connectivity index (χ1v) is 3.68. The molecule has 1 amide bonds. The maximum atomic E-state index is 9.47. The summed E-state index contributed by atoms with van der Waals surface area (Å²) in [6.45, 7) is 2.84. The molecule has 0 aliphatic heterocycles. The second kappa shape index (κ2) is 13.5. The highest BCUT2D eigenvalue weighted by atomic mass is 16.3. The van der Waals surface area contributed by atoms with Gasteiger partial charge in [-0.2, -0.15) is 0 Å². The zero-order chi connectivity index (χ0) is 11.2. The third-order valence-corrected chi connectivity index (χ3v) is 0.868. The molecule has 0 unspecified atom stereocenters. The Kier molecular flexibility index (Phi) is 13.9. The molecule has 0 fully saturated rings. The molecular weight excluding hydrogens is 182 g/mol. The summed E-state index contributed by atoms with van der Waals surface area (Å²) in [7, 11) is 0. The van der Waals surface area contributed by atoms with Crippen molar-refractivity contribution in [3.63, 3.8) is 0 Å². The van der Waals surface area contributed by atoms with Crippen molar-refractivity contribution in [3.8, 4) is 0 Å². The van der Waals surface area contributed by atoms with Gasteiger partial charge >= 0.3 is 0 Å². The van der Waals surface area contributed by atoms with E-state index in [-0.39, 0.29) is 6.47 Å². The van der Waals surface area contributed by atoms with Crippen LogP contribution in [0.1, 0.15) is 0 Å². The molecule has 0 heterocycles. The van der Waals surface area contributed by atoms with Gasteiger partial charge in [-0.15, -0.1) is 0 Å². The van der Waals surface area contributed by atoms with E-state index < -0.39 is 5.91 Å². The second-order valence-corrected chi connectivity index (χ2v) is 1.87. The average molecular weight is 195 g/mol. The molecule has 0 aliphatic rings. The van der Waals surface area contributed by atoms with Crippen molar-refractivity contribution >= 4 is 12.4 Å². The van der Waals surface area contributed by atoms with Crippen LogP contribution < -0.4 is 5.73 Å². The van der Waals surface area contributed by atoms with Crippen molar-refractivity contribution in [1.29, 1.82) is 0 Å². The molecule has 0 saturated carbocycles. The molecule has 1 aromatic rings. The van der Waals surface area contributed by atoms with Gasteiger partial charge in [0.15, 0.2) is 0 Å². The molecule has 1 aromatic carbocycles. The van der Waals surface area contributed by atoms with E-state index in [0.29, 0.717) is 0 Å². The largest absolute Gasteiger partial charge is 0.483 e. The number of carboxylic acid groups (broad SMARTS) is 1. The summed E-state index contributed by atoms with van der Waals surface area (Å²) in [5, 5.41) is 6.89. The van der Waals surface area contributed by atoms with Gasteiger partial charge < -0.3 is 10.8 Å². The van der Waals surface area contributed by atoms with Crippen molar-refractivity contribution in [2.24, 2.45) is 5.73 Å². The van der Waals surface area contributed by atoms with Crippen molar-refractivity contribution in [2.75, 3.05) is 0 Å². The van der Waals surface area contributed by atoms with Crippen molar-refractivity contribution in [3.05, 3.63) is 49.1 Å². The Morgan fingerprint density at radius 2 is 1.29 bits per heavy atom. The lowest BCUT2D eigenvalue weighted by Gasteiger charge is -1.69. The first-order valence-electron chi connectivity index (χ1n) is 3.68. The summed E-state index contributed by atoms with van der Waals surface area (Å²) >= 11 is 0. The molecular formula is C10H13NO3. The van der Waals surface area contributed by atoms with Gasteiger partial charge in [-0.05, 0) is 6.08 Å². The highest BCUT2D eigenvalue weighted by Crippen LogP contribution is 1.79. The highest BCUT2D eigenvalue weighted by Gasteiger charge is 1.69. The predicted octanol–water partition coefficient (Wildman–Crippen LogP) is 1.05. The fourth-order valence-corrected chi connectivity index (χ4v) is 0.385. The van der Waals surface area contributed by atoms with E-state index in [4.69, 9.17) is 9.90 Å². The van der Waals surface area contributed by atoms with Crippen LogP contribution in [0.4, 0.5) is 0 Å². The van der Waals surface area contributed by atoms with Crippen molar-refractivity contribution in [2.45, 2.75) is 0 Å². The molecule has 0 aromatic heterocycles. The minimum Gasteiger partial charge on any atom is -0.483 e. The molecule has 0 bridgehead atoms. The summed E-state index contributed by atoms with van der Waals surface area (Å²) in [4.78, 5) is 17.8. The van der Waals surface area contributed by atoms with Crippen LogP contribution in [-0.4, -0.2) is 17.5 Å². The van der Waals surface area contributed by atoms with E-state index in [1.54, 1.807) is 0 Å². The average Bonchev–Trinajstić information content (AvgIpc) is 2.22. The number of carbonyl (C=O) groups excluding carboxylic acids is 1. The number of hydrogen-bond donors (Lipinski definition) is 2. The standard InChI is InChI=1S/C6H6.C3H5NO.CH2O2/c1-2-4-6-5-3-1;1-2-3(4)5;2-1-3/h1-6H;2H,1H2,(H2,4,5);1H,(H,2,3). The number of primary amides is 1. The third kappa shape index (κ3) is 22.5. The molecule has 4 heteroatoms. The Labute approximate surface area is 82.7 Å². The molecule has 0 spiro atoms. The lowest BCUT2D eigenvalue weighted by Crippen LogP contribution is -2.04. The minimum atomic E-state index is -0.481. The van der Waals surface area contributed by atoms with Gasteiger partial charge in [0, 0.05) is 0 Å². The highest BCUT2D eigenvalue weighted by molar-refractivity contribution is 5.84. The summed E-state index contributed by atoms with van der Waals surface area (Å²) in [6.07, 6.45) is 1.06. The molecule has 4 nitrogen and oxygen atoms in total. The zero-order valence-corrected chi connectivity index (χ0v) is 7.67. The Bertz CT molecular complexity index is 220. The van der Waals surface area contributed by atoms with Gasteiger partial charge in [-0.1, -0.05) is 43.0 Å². The van der Waals surface area contributed by atoms with Gasteiger partial charge in [0.05, 0.1) is 0 Å². The summed E-state index contributed by atoms with van der Waals surface area (Å²) in [6, 6.07) is 12.0. The monoisotopic (exact) mass is 195 g/mol. The van der Waals surface area contributed by atoms with E-state index >= 15 is 0 Å². The SMILES string of the molecule is C=CC(N)=O.O=CO.c1ccccc1. The lowest BCUT2D eigenvalue weighted by molar-refractivity contribution is -0.122. The number of hydrogen-bond acceptors (Lipinski definition) is 2. The van der Waals surface area contributed by atoms with Crippen LogP contribution in [0.3, 0.4) is 0 Å². The van der Waals surface area contributed by atoms with Crippen LogP contribution in [0.15, 0.2) is 49.1 Å². The van der Waals surface area contributed by atoms with Crippen LogP contribution in [-0.2, 0) is 9.59 Å². The summed E-state index contributed by atoms with van der Waals surface area (Å²) in [5.74, 6) is -0.481. The fraction of sp³-hybridized carbons (Fsp3) is 0. The van der Waals surface area contributed by atoms with Crippen LogP contribution in [0.25, 0.3) is 0 Å². The van der Waals surface area contributed by atoms with E-state index in [9.17, 15) is 4.79 Å². The Morgan fingerprint density at radius 1 is 1.14 bits per heavy atom. The molecule has 0 aliphatic carbocycles. The smallest absolute Gasteiger partial charge is 0.290 e. The van der Waals surface area contributed by atoms with E-state index in [1.807, 2.05) is 36.4 Å². The Morgan fingerprint density at radius 3 is 1.36 bits per heavy atom. The second-order valence-electron chi connectivity index (χ2n) is 1.87. The summed E-state index contributed by atoms with van der Waals surface area (Å²) in [5.41, 5.74) is 4.53. The topological polar surface area (TPSA) is 80.4 Å². The third-order valence-electron chi connectivity index (χ3n) is 0.868. The van der Waals surface area contributed by atoms with Gasteiger partial charge in [0.2, 0.25) is 5.91 Å². The molecule has 0 saturated heterocycles. The van der Waals surface area contributed by atoms with Crippen LogP contribution in [0.2, 0.25) is 0 Å². The quantitative estimate of drug-likeness (QED) is 0.519. The fourth-order valence-electron chi connectivity index (χ4n) is 0.385. The maximum absolute atomic E-state index is 9.47. The minimum absolute atomic E-state index is 0.250. The number of rotatable bonds is 1. The van der Waals surface area contributed by atoms with Crippen molar-refractivity contribution < 1.29 is 14.7 Å². The van der Waals surface area contributed by atoms with Gasteiger partial charge in [-0.3, -0.25) is 9.59 Å². The van der Waals surface area contributed by atoms with E-state index in [2.05, 4.69) is 12.3 Å². The molecule has 0 radical (unpaired) electrons. The molecule has 3 N–H and O–H groups in total.